The second-order valence-electron chi connectivity index (χ2n) is 6.15. The molecule has 7 heteroatoms. The Labute approximate surface area is 145 Å². The van der Waals surface area contributed by atoms with Crippen LogP contribution in [0.15, 0.2) is 30.6 Å². The number of imidazole rings is 2. The maximum Gasteiger partial charge on any atom is 0.221 e. The summed E-state index contributed by atoms with van der Waals surface area (Å²) in [5, 5.41) is 3.05. The van der Waals surface area contributed by atoms with Crippen molar-refractivity contribution in [1.82, 2.24) is 24.8 Å². The lowest BCUT2D eigenvalue weighted by Gasteiger charge is -2.17. The van der Waals surface area contributed by atoms with Gasteiger partial charge in [0.05, 0.1) is 17.1 Å². The van der Waals surface area contributed by atoms with E-state index < -0.39 is 0 Å². The molecule has 3 rings (SSSR count). The molecule has 0 bridgehead atoms. The van der Waals surface area contributed by atoms with Crippen LogP contribution >= 0.6 is 0 Å². The van der Waals surface area contributed by atoms with E-state index >= 15 is 0 Å². The minimum absolute atomic E-state index is 0.0481. The highest BCUT2D eigenvalue weighted by atomic mass is 19.1. The number of carbonyl (C=O) groups is 1. The zero-order chi connectivity index (χ0) is 17.8. The number of aryl methyl sites for hydroxylation is 2. The molecule has 0 fully saturated rings. The Morgan fingerprint density at radius 2 is 2.28 bits per heavy atom. The average Bonchev–Trinajstić information content (AvgIpc) is 3.18. The highest BCUT2D eigenvalue weighted by Gasteiger charge is 2.18. The molecular weight excluding hydrogens is 321 g/mol. The van der Waals surface area contributed by atoms with Crippen molar-refractivity contribution < 1.29 is 9.18 Å². The minimum atomic E-state index is -0.307. The van der Waals surface area contributed by atoms with Crippen LogP contribution in [0, 0.1) is 5.82 Å². The number of nitrogens with zero attached hydrogens (tertiary/aromatic N) is 3. The van der Waals surface area contributed by atoms with E-state index in [0.717, 1.165) is 18.7 Å². The van der Waals surface area contributed by atoms with Gasteiger partial charge in [0.1, 0.15) is 17.5 Å². The van der Waals surface area contributed by atoms with E-state index in [9.17, 15) is 9.18 Å². The molecular formula is C18H22FN5O. The Balaban J connectivity index is 1.61. The lowest BCUT2D eigenvalue weighted by atomic mass is 10.1. The van der Waals surface area contributed by atoms with Crippen LogP contribution in [0.1, 0.15) is 43.9 Å². The van der Waals surface area contributed by atoms with Crippen LogP contribution in [0.25, 0.3) is 11.0 Å². The maximum atomic E-state index is 13.2. The number of rotatable bonds is 7. The van der Waals surface area contributed by atoms with E-state index in [1.807, 2.05) is 17.8 Å². The van der Waals surface area contributed by atoms with Gasteiger partial charge in [0.2, 0.25) is 5.91 Å². The summed E-state index contributed by atoms with van der Waals surface area (Å²) in [5.41, 5.74) is 1.35. The first-order valence-electron chi connectivity index (χ1n) is 8.47. The number of carbonyl (C=O) groups excluding carboxylic acids is 1. The summed E-state index contributed by atoms with van der Waals surface area (Å²) in [6.45, 7) is 2.08. The van der Waals surface area contributed by atoms with Crippen molar-refractivity contribution in [3.63, 3.8) is 0 Å². The molecule has 0 saturated heterocycles. The predicted molar refractivity (Wildman–Crippen MR) is 93.4 cm³/mol. The standard InChI is InChI=1S/C18H22FN5O/c1-3-4-14(18-20-9-10-24(18)2)23-17(25)8-7-16-21-13-6-5-12(19)11-15(13)22-16/h5-6,9-11,14H,3-4,7-8H2,1-2H3,(H,21,22)(H,23,25)/t14-/m0/s1. The van der Waals surface area contributed by atoms with Crippen molar-refractivity contribution in [2.45, 2.75) is 38.6 Å². The molecule has 1 amide bonds. The molecule has 2 aromatic heterocycles. The SMILES string of the molecule is CCC[C@H](NC(=O)CCc1nc2ccc(F)cc2[nH]1)c1nccn1C. The molecule has 6 nitrogen and oxygen atoms in total. The van der Waals surface area contributed by atoms with Crippen LogP contribution in [0.5, 0.6) is 0 Å². The van der Waals surface area contributed by atoms with Crippen LogP contribution in [0.4, 0.5) is 4.39 Å². The minimum Gasteiger partial charge on any atom is -0.346 e. The lowest BCUT2D eigenvalue weighted by molar-refractivity contribution is -0.122. The van der Waals surface area contributed by atoms with Gasteiger partial charge in [0.25, 0.3) is 0 Å². The molecule has 0 aliphatic carbocycles. The molecule has 0 unspecified atom stereocenters. The zero-order valence-electron chi connectivity index (χ0n) is 14.4. The summed E-state index contributed by atoms with van der Waals surface area (Å²) in [6.07, 6.45) is 6.18. The summed E-state index contributed by atoms with van der Waals surface area (Å²) < 4.78 is 15.1. The number of fused-ring (bicyclic) bond motifs is 1. The lowest BCUT2D eigenvalue weighted by Crippen LogP contribution is -2.30. The van der Waals surface area contributed by atoms with Crippen LogP contribution in [-0.2, 0) is 18.3 Å². The number of hydrogen-bond donors (Lipinski definition) is 2. The zero-order valence-corrected chi connectivity index (χ0v) is 14.4. The van der Waals surface area contributed by atoms with Gasteiger partial charge in [-0.1, -0.05) is 13.3 Å². The Hall–Kier alpha value is -2.70. The van der Waals surface area contributed by atoms with Gasteiger partial charge in [-0.05, 0) is 24.6 Å². The predicted octanol–water partition coefficient (Wildman–Crippen LogP) is 3.03. The van der Waals surface area contributed by atoms with E-state index in [1.165, 1.54) is 12.1 Å². The highest BCUT2D eigenvalue weighted by Crippen LogP contribution is 2.17. The first-order chi connectivity index (χ1) is 12.1. The molecule has 0 spiro atoms. The largest absolute Gasteiger partial charge is 0.346 e. The first-order valence-corrected chi connectivity index (χ1v) is 8.47. The summed E-state index contributed by atoms with van der Waals surface area (Å²) in [4.78, 5) is 24.1. The molecule has 2 N–H and O–H groups in total. The molecule has 0 aliphatic rings. The summed E-state index contributed by atoms with van der Waals surface area (Å²) >= 11 is 0. The second kappa shape index (κ2) is 7.46. The molecule has 25 heavy (non-hydrogen) atoms. The van der Waals surface area contributed by atoms with Gasteiger partial charge in [-0.15, -0.1) is 0 Å². The average molecular weight is 343 g/mol. The molecule has 1 aromatic carbocycles. The fourth-order valence-electron chi connectivity index (χ4n) is 2.92. The number of halogens is 1. The van der Waals surface area contributed by atoms with Gasteiger partial charge in [0.15, 0.2) is 0 Å². The van der Waals surface area contributed by atoms with Crippen molar-refractivity contribution in [1.29, 1.82) is 0 Å². The topological polar surface area (TPSA) is 75.6 Å². The Bertz CT molecular complexity index is 869. The van der Waals surface area contributed by atoms with Crippen molar-refractivity contribution in [2.75, 3.05) is 0 Å². The van der Waals surface area contributed by atoms with E-state index in [1.54, 1.807) is 12.3 Å². The normalized spacial score (nSPS) is 12.4. The molecule has 2 heterocycles. The van der Waals surface area contributed by atoms with Crippen molar-refractivity contribution >= 4 is 16.9 Å². The third kappa shape index (κ3) is 4.04. The van der Waals surface area contributed by atoms with Gasteiger partial charge in [-0.3, -0.25) is 4.79 Å². The molecule has 0 saturated carbocycles. The number of nitrogens with one attached hydrogen (secondary N) is 2. The molecule has 0 radical (unpaired) electrons. The first kappa shape index (κ1) is 17.1. The second-order valence-corrected chi connectivity index (χ2v) is 6.15. The number of benzene rings is 1. The van der Waals surface area contributed by atoms with Gasteiger partial charge in [-0.25, -0.2) is 14.4 Å². The monoisotopic (exact) mass is 343 g/mol. The Kier molecular flexibility index (Phi) is 5.11. The Morgan fingerprint density at radius 1 is 1.44 bits per heavy atom. The van der Waals surface area contributed by atoms with Crippen molar-refractivity contribution in [2.24, 2.45) is 7.05 Å². The highest BCUT2D eigenvalue weighted by molar-refractivity contribution is 5.77. The number of aromatic nitrogens is 4. The fraction of sp³-hybridized carbons (Fsp3) is 0.389. The van der Waals surface area contributed by atoms with Crippen LogP contribution in [0.3, 0.4) is 0 Å². The number of amides is 1. The number of hydrogen-bond acceptors (Lipinski definition) is 3. The van der Waals surface area contributed by atoms with E-state index in [-0.39, 0.29) is 17.8 Å². The quantitative estimate of drug-likeness (QED) is 0.692. The molecule has 1 atom stereocenters. The smallest absolute Gasteiger partial charge is 0.221 e. The summed E-state index contributed by atoms with van der Waals surface area (Å²) in [5.74, 6) is 1.18. The fourth-order valence-corrected chi connectivity index (χ4v) is 2.92. The van der Waals surface area contributed by atoms with Crippen molar-refractivity contribution in [3.8, 4) is 0 Å². The van der Waals surface area contributed by atoms with Crippen molar-refractivity contribution in [3.05, 3.63) is 48.1 Å². The third-order valence-corrected chi connectivity index (χ3v) is 4.16. The number of aromatic amines is 1. The van der Waals surface area contributed by atoms with Crippen LogP contribution < -0.4 is 5.32 Å². The summed E-state index contributed by atoms with van der Waals surface area (Å²) in [6, 6.07) is 4.32. The van der Waals surface area contributed by atoms with E-state index in [0.29, 0.717) is 29.7 Å². The van der Waals surface area contributed by atoms with Crippen LogP contribution in [0.2, 0.25) is 0 Å². The van der Waals surface area contributed by atoms with Gasteiger partial charge in [0, 0.05) is 32.3 Å². The van der Waals surface area contributed by atoms with Crippen LogP contribution in [-0.4, -0.2) is 25.4 Å². The van der Waals surface area contributed by atoms with Gasteiger partial charge in [-0.2, -0.15) is 0 Å². The Morgan fingerprint density at radius 3 is 3.00 bits per heavy atom. The van der Waals surface area contributed by atoms with Gasteiger partial charge < -0.3 is 14.9 Å². The number of H-pyrrole nitrogens is 1. The van der Waals surface area contributed by atoms with E-state index in [4.69, 9.17) is 0 Å². The third-order valence-electron chi connectivity index (χ3n) is 4.16. The molecule has 0 aliphatic heterocycles. The summed E-state index contributed by atoms with van der Waals surface area (Å²) in [7, 11) is 1.92. The van der Waals surface area contributed by atoms with E-state index in [2.05, 4.69) is 27.2 Å². The maximum absolute atomic E-state index is 13.2. The molecule has 132 valence electrons. The van der Waals surface area contributed by atoms with Gasteiger partial charge >= 0.3 is 0 Å². The molecule has 3 aromatic rings.